The van der Waals surface area contributed by atoms with E-state index >= 15 is 0 Å². The molecular formula is C15H17BrFNO2. The van der Waals surface area contributed by atoms with Gasteiger partial charge in [-0.3, -0.25) is 4.79 Å². The summed E-state index contributed by atoms with van der Waals surface area (Å²) in [7, 11) is 0. The zero-order valence-corrected chi connectivity index (χ0v) is 12.7. The van der Waals surface area contributed by atoms with Crippen molar-refractivity contribution in [2.24, 2.45) is 5.92 Å². The maximum absolute atomic E-state index is 13.6. The van der Waals surface area contributed by atoms with E-state index in [1.807, 2.05) is 4.90 Å². The minimum atomic E-state index is -0.393. The molecule has 1 saturated heterocycles. The Hall–Kier alpha value is -0.940. The van der Waals surface area contributed by atoms with Gasteiger partial charge >= 0.3 is 0 Å². The Morgan fingerprint density at radius 2 is 2.20 bits per heavy atom. The van der Waals surface area contributed by atoms with Gasteiger partial charge in [-0.1, -0.05) is 6.07 Å². The molecule has 1 atom stereocenters. The van der Waals surface area contributed by atoms with Crippen molar-refractivity contribution in [3.05, 3.63) is 34.1 Å². The minimum absolute atomic E-state index is 0.0780. The van der Waals surface area contributed by atoms with Crippen molar-refractivity contribution >= 4 is 21.8 Å². The van der Waals surface area contributed by atoms with Crippen LogP contribution in [0.15, 0.2) is 22.7 Å². The number of carbonyl (C=O) groups is 1. The molecule has 5 heteroatoms. The molecule has 1 unspecified atom stereocenters. The first-order valence-corrected chi connectivity index (χ1v) is 7.79. The molecule has 20 heavy (non-hydrogen) atoms. The Kier molecular flexibility index (Phi) is 4.08. The Labute approximate surface area is 126 Å². The lowest BCUT2D eigenvalue weighted by Gasteiger charge is -2.25. The molecule has 3 nitrogen and oxygen atoms in total. The third-order valence-electron chi connectivity index (χ3n) is 3.91. The number of amides is 1. The predicted octanol–water partition coefficient (Wildman–Crippen LogP) is 3.23. The van der Waals surface area contributed by atoms with Gasteiger partial charge in [0.1, 0.15) is 5.82 Å². The molecule has 0 radical (unpaired) electrons. The maximum atomic E-state index is 13.6. The van der Waals surface area contributed by atoms with Crippen LogP contribution < -0.4 is 0 Å². The molecule has 1 saturated carbocycles. The van der Waals surface area contributed by atoms with Crippen LogP contribution in [0.2, 0.25) is 0 Å². The first-order valence-electron chi connectivity index (χ1n) is 6.99. The van der Waals surface area contributed by atoms with Crippen molar-refractivity contribution in [1.82, 2.24) is 4.90 Å². The van der Waals surface area contributed by atoms with E-state index in [1.165, 1.54) is 6.07 Å². The fourth-order valence-electron chi connectivity index (χ4n) is 2.61. The van der Waals surface area contributed by atoms with Gasteiger partial charge in [0.15, 0.2) is 0 Å². The van der Waals surface area contributed by atoms with Crippen LogP contribution in [0.3, 0.4) is 0 Å². The molecule has 0 N–H and O–H groups in total. The standard InChI is InChI=1S/C15H17BrFNO2/c16-14-12(2-1-3-13(14)17)15(19)18(11-4-5-11)8-10-6-7-20-9-10/h1-3,10-11H,4-9H2. The van der Waals surface area contributed by atoms with E-state index in [1.54, 1.807) is 12.1 Å². The van der Waals surface area contributed by atoms with Crippen LogP contribution >= 0.6 is 15.9 Å². The van der Waals surface area contributed by atoms with E-state index in [0.29, 0.717) is 24.1 Å². The molecule has 2 fully saturated rings. The summed E-state index contributed by atoms with van der Waals surface area (Å²) in [6.07, 6.45) is 3.10. The van der Waals surface area contributed by atoms with Crippen LogP contribution in [0.1, 0.15) is 29.6 Å². The smallest absolute Gasteiger partial charge is 0.255 e. The van der Waals surface area contributed by atoms with Gasteiger partial charge in [-0.2, -0.15) is 0 Å². The number of ether oxygens (including phenoxy) is 1. The first-order chi connectivity index (χ1) is 9.66. The Balaban J connectivity index is 1.79. The number of hydrogen-bond acceptors (Lipinski definition) is 2. The van der Waals surface area contributed by atoms with Crippen molar-refractivity contribution in [3.63, 3.8) is 0 Å². The largest absolute Gasteiger partial charge is 0.381 e. The number of benzene rings is 1. The Morgan fingerprint density at radius 3 is 2.85 bits per heavy atom. The summed E-state index contributed by atoms with van der Waals surface area (Å²) >= 11 is 3.18. The van der Waals surface area contributed by atoms with Gasteiger partial charge in [0.05, 0.1) is 16.6 Å². The van der Waals surface area contributed by atoms with E-state index in [4.69, 9.17) is 4.74 Å². The summed E-state index contributed by atoms with van der Waals surface area (Å²) in [6, 6.07) is 4.93. The highest BCUT2D eigenvalue weighted by molar-refractivity contribution is 9.10. The van der Waals surface area contributed by atoms with Gasteiger partial charge in [0.2, 0.25) is 0 Å². The van der Waals surface area contributed by atoms with Gasteiger partial charge in [0, 0.05) is 25.1 Å². The lowest BCUT2D eigenvalue weighted by atomic mass is 10.1. The van der Waals surface area contributed by atoms with Crippen LogP contribution in [0.25, 0.3) is 0 Å². The fourth-order valence-corrected chi connectivity index (χ4v) is 3.05. The molecule has 1 amide bonds. The van der Waals surface area contributed by atoms with Crippen molar-refractivity contribution in [2.75, 3.05) is 19.8 Å². The second-order valence-electron chi connectivity index (χ2n) is 5.52. The van der Waals surface area contributed by atoms with Gasteiger partial charge < -0.3 is 9.64 Å². The number of rotatable bonds is 4. The summed E-state index contributed by atoms with van der Waals surface area (Å²) in [5, 5.41) is 0. The normalized spacial score (nSPS) is 22.0. The first kappa shape index (κ1) is 14.0. The van der Waals surface area contributed by atoms with Crippen LogP contribution in [0, 0.1) is 11.7 Å². The monoisotopic (exact) mass is 341 g/mol. The number of hydrogen-bond donors (Lipinski definition) is 0. The third kappa shape index (κ3) is 2.88. The van der Waals surface area contributed by atoms with Gasteiger partial charge in [-0.15, -0.1) is 0 Å². The number of nitrogens with zero attached hydrogens (tertiary/aromatic N) is 1. The van der Waals surface area contributed by atoms with E-state index < -0.39 is 5.82 Å². The summed E-state index contributed by atoms with van der Waals surface area (Å²) in [5.41, 5.74) is 0.413. The highest BCUT2D eigenvalue weighted by Crippen LogP contribution is 2.32. The molecule has 1 aliphatic heterocycles. The molecule has 2 aliphatic rings. The summed E-state index contributed by atoms with van der Waals surface area (Å²) in [4.78, 5) is 14.6. The number of carbonyl (C=O) groups excluding carboxylic acids is 1. The van der Waals surface area contributed by atoms with Crippen molar-refractivity contribution < 1.29 is 13.9 Å². The zero-order chi connectivity index (χ0) is 14.1. The van der Waals surface area contributed by atoms with Crippen LogP contribution in [-0.4, -0.2) is 36.6 Å². The quantitative estimate of drug-likeness (QED) is 0.841. The van der Waals surface area contributed by atoms with E-state index in [2.05, 4.69) is 15.9 Å². The number of halogens is 2. The average Bonchev–Trinajstić information content (AvgIpc) is 3.15. The minimum Gasteiger partial charge on any atom is -0.381 e. The highest BCUT2D eigenvalue weighted by Gasteiger charge is 2.35. The summed E-state index contributed by atoms with van der Waals surface area (Å²) in [6.45, 7) is 2.22. The van der Waals surface area contributed by atoms with Crippen molar-refractivity contribution in [2.45, 2.75) is 25.3 Å². The molecule has 0 aromatic heterocycles. The van der Waals surface area contributed by atoms with E-state index in [9.17, 15) is 9.18 Å². The van der Waals surface area contributed by atoms with Crippen LogP contribution in [0.4, 0.5) is 4.39 Å². The fraction of sp³-hybridized carbons (Fsp3) is 0.533. The Morgan fingerprint density at radius 1 is 1.40 bits per heavy atom. The maximum Gasteiger partial charge on any atom is 0.255 e. The average molecular weight is 342 g/mol. The molecular weight excluding hydrogens is 325 g/mol. The summed E-state index contributed by atoms with van der Waals surface area (Å²) in [5.74, 6) is -0.0616. The molecule has 3 rings (SSSR count). The third-order valence-corrected chi connectivity index (χ3v) is 4.72. The SMILES string of the molecule is O=C(c1cccc(F)c1Br)N(CC1CCOC1)C1CC1. The van der Waals surface area contributed by atoms with E-state index in [-0.39, 0.29) is 10.4 Å². The molecule has 0 spiro atoms. The Bertz CT molecular complexity index is 513. The molecule has 1 aromatic rings. The summed E-state index contributed by atoms with van der Waals surface area (Å²) < 4.78 is 19.2. The molecule has 1 heterocycles. The topological polar surface area (TPSA) is 29.5 Å². The van der Waals surface area contributed by atoms with Crippen LogP contribution in [0.5, 0.6) is 0 Å². The molecule has 108 valence electrons. The van der Waals surface area contributed by atoms with Crippen molar-refractivity contribution in [1.29, 1.82) is 0 Å². The lowest BCUT2D eigenvalue weighted by molar-refractivity contribution is 0.0704. The van der Waals surface area contributed by atoms with Gasteiger partial charge in [0.25, 0.3) is 5.91 Å². The van der Waals surface area contributed by atoms with Crippen LogP contribution in [-0.2, 0) is 4.74 Å². The second-order valence-corrected chi connectivity index (χ2v) is 6.31. The predicted molar refractivity (Wildman–Crippen MR) is 77.1 cm³/mol. The zero-order valence-electron chi connectivity index (χ0n) is 11.1. The van der Waals surface area contributed by atoms with Gasteiger partial charge in [-0.25, -0.2) is 4.39 Å². The molecule has 1 aliphatic carbocycles. The lowest BCUT2D eigenvalue weighted by Crippen LogP contribution is -2.37. The second kappa shape index (κ2) is 5.82. The van der Waals surface area contributed by atoms with E-state index in [0.717, 1.165) is 32.5 Å². The highest BCUT2D eigenvalue weighted by atomic mass is 79.9. The van der Waals surface area contributed by atoms with Gasteiger partial charge in [-0.05, 0) is 47.3 Å². The molecule has 1 aromatic carbocycles. The molecule has 0 bridgehead atoms. The van der Waals surface area contributed by atoms with Crippen molar-refractivity contribution in [3.8, 4) is 0 Å².